The number of carbonyl (C=O) groups is 1. The number of fused-ring (bicyclic) bond motifs is 2. The summed E-state index contributed by atoms with van der Waals surface area (Å²) in [6.45, 7) is 1.80. The van der Waals surface area contributed by atoms with Crippen LogP contribution in [0.15, 0.2) is 66.9 Å². The van der Waals surface area contributed by atoms with Crippen molar-refractivity contribution in [3.05, 3.63) is 78.1 Å². The zero-order valence-electron chi connectivity index (χ0n) is 20.0. The zero-order chi connectivity index (χ0) is 26.3. The van der Waals surface area contributed by atoms with Crippen LogP contribution in [-0.2, 0) is 6.18 Å². The summed E-state index contributed by atoms with van der Waals surface area (Å²) in [6.07, 6.45) is -0.907. The van der Waals surface area contributed by atoms with Gasteiger partial charge in [-0.2, -0.15) is 13.2 Å². The number of piperidine rings is 1. The minimum atomic E-state index is -4.43. The lowest BCUT2D eigenvalue weighted by Crippen LogP contribution is -2.34. The van der Waals surface area contributed by atoms with E-state index in [-0.39, 0.29) is 17.7 Å². The van der Waals surface area contributed by atoms with Crippen molar-refractivity contribution in [2.45, 2.75) is 25.1 Å². The summed E-state index contributed by atoms with van der Waals surface area (Å²) >= 11 is 0. The third kappa shape index (κ3) is 4.80. The van der Waals surface area contributed by atoms with Gasteiger partial charge in [0, 0.05) is 6.20 Å². The fourth-order valence-corrected chi connectivity index (χ4v) is 4.57. The molecule has 1 fully saturated rings. The Morgan fingerprint density at radius 1 is 1.00 bits per heavy atom. The molecule has 1 aliphatic heterocycles. The van der Waals surface area contributed by atoms with Gasteiger partial charge in [0.25, 0.3) is 5.91 Å². The molecule has 3 aromatic heterocycles. The number of pyridine rings is 1. The summed E-state index contributed by atoms with van der Waals surface area (Å²) in [5, 5.41) is 6.02. The predicted octanol–water partition coefficient (Wildman–Crippen LogP) is 5.28. The van der Waals surface area contributed by atoms with Crippen molar-refractivity contribution in [2.24, 2.45) is 0 Å². The molecule has 4 heterocycles. The summed E-state index contributed by atoms with van der Waals surface area (Å²) in [5.41, 5.74) is 2.18. The molecule has 2 aromatic carbocycles. The van der Waals surface area contributed by atoms with Gasteiger partial charge in [0.1, 0.15) is 17.4 Å². The molecule has 0 unspecified atom stereocenters. The van der Waals surface area contributed by atoms with E-state index in [4.69, 9.17) is 4.74 Å². The Hall–Kier alpha value is -4.38. The van der Waals surface area contributed by atoms with Crippen LogP contribution in [0.3, 0.4) is 0 Å². The molecule has 0 radical (unpaired) electrons. The lowest BCUT2D eigenvalue weighted by molar-refractivity contribution is -0.137. The zero-order valence-corrected chi connectivity index (χ0v) is 20.0. The summed E-state index contributed by atoms with van der Waals surface area (Å²) in [6, 6.07) is 15.7. The topological polar surface area (TPSA) is 96.3 Å². The fraction of sp³-hybridized carbons (Fsp3) is 0.222. The van der Waals surface area contributed by atoms with Gasteiger partial charge in [-0.25, -0.2) is 9.97 Å². The second kappa shape index (κ2) is 9.49. The van der Waals surface area contributed by atoms with E-state index in [1.54, 1.807) is 40.9 Å². The Balaban J connectivity index is 1.22. The van der Waals surface area contributed by atoms with Crippen molar-refractivity contribution in [3.8, 4) is 17.0 Å². The lowest BCUT2D eigenvalue weighted by Gasteiger charge is -2.24. The Kier molecular flexibility index (Phi) is 5.99. The van der Waals surface area contributed by atoms with Crippen molar-refractivity contribution in [3.63, 3.8) is 0 Å². The third-order valence-electron chi connectivity index (χ3n) is 6.50. The van der Waals surface area contributed by atoms with Gasteiger partial charge in [0.15, 0.2) is 5.88 Å². The van der Waals surface area contributed by atoms with Crippen LogP contribution in [-0.4, -0.2) is 44.5 Å². The first-order valence-electron chi connectivity index (χ1n) is 12.2. The molecule has 0 spiro atoms. The number of halogens is 3. The molecule has 3 N–H and O–H groups in total. The second-order valence-electron chi connectivity index (χ2n) is 9.14. The number of rotatable bonds is 5. The molecule has 38 heavy (non-hydrogen) atoms. The quantitative estimate of drug-likeness (QED) is 0.293. The number of hydrogen-bond acceptors (Lipinski definition) is 5. The van der Waals surface area contributed by atoms with Crippen LogP contribution in [0.4, 0.5) is 19.1 Å². The number of carbonyl (C=O) groups excluding carboxylic acids is 1. The summed E-state index contributed by atoms with van der Waals surface area (Å²) in [4.78, 5) is 24.8. The van der Waals surface area contributed by atoms with E-state index in [9.17, 15) is 18.0 Å². The maximum absolute atomic E-state index is 13.1. The Bertz CT molecular complexity index is 1640. The molecule has 0 atom stereocenters. The molecule has 6 rings (SSSR count). The van der Waals surface area contributed by atoms with E-state index in [0.29, 0.717) is 33.7 Å². The smallest absolute Gasteiger partial charge is 0.416 e. The van der Waals surface area contributed by atoms with Crippen molar-refractivity contribution in [1.29, 1.82) is 0 Å². The molecular weight excluding hydrogens is 497 g/mol. The van der Waals surface area contributed by atoms with Crippen molar-refractivity contribution in [2.75, 3.05) is 18.4 Å². The van der Waals surface area contributed by atoms with E-state index in [1.807, 2.05) is 12.1 Å². The first-order chi connectivity index (χ1) is 18.3. The van der Waals surface area contributed by atoms with Crippen LogP contribution in [0, 0.1) is 0 Å². The number of alkyl halides is 3. The number of aromatic nitrogens is 4. The Morgan fingerprint density at radius 2 is 1.79 bits per heavy atom. The van der Waals surface area contributed by atoms with E-state index in [0.717, 1.165) is 38.1 Å². The maximum atomic E-state index is 13.1. The first-order valence-corrected chi connectivity index (χ1v) is 12.2. The van der Waals surface area contributed by atoms with Gasteiger partial charge in [-0.05, 0) is 73.5 Å². The van der Waals surface area contributed by atoms with Crippen LogP contribution in [0.2, 0.25) is 0 Å². The van der Waals surface area contributed by atoms with E-state index >= 15 is 0 Å². The largest absolute Gasteiger partial charge is 0.475 e. The fourth-order valence-electron chi connectivity index (χ4n) is 4.57. The van der Waals surface area contributed by atoms with Crippen LogP contribution >= 0.6 is 0 Å². The van der Waals surface area contributed by atoms with Gasteiger partial charge in [-0.15, -0.1) is 0 Å². The lowest BCUT2D eigenvalue weighted by atomic mass is 10.0. The molecule has 194 valence electrons. The van der Waals surface area contributed by atoms with Gasteiger partial charge >= 0.3 is 6.18 Å². The third-order valence-corrected chi connectivity index (χ3v) is 6.50. The number of anilines is 1. The maximum Gasteiger partial charge on any atom is 0.416 e. The van der Waals surface area contributed by atoms with Crippen LogP contribution in [0.1, 0.15) is 28.9 Å². The number of amides is 1. The standard InChI is InChI=1S/C27H23F3N6O2/c28-27(29,30)18-4-1-3-16(13-18)17-7-8-20-21(14-17)34-26(33-20)35-25(37)22-15-36-23(32-22)5-2-6-24(36)38-19-9-11-31-12-10-19/h1-8,13-15,19,31H,9-12H2,(H2,33,34,35,37). The highest BCUT2D eigenvalue weighted by atomic mass is 19.4. The van der Waals surface area contributed by atoms with E-state index in [2.05, 4.69) is 25.6 Å². The van der Waals surface area contributed by atoms with Gasteiger partial charge in [0.05, 0.1) is 16.6 Å². The van der Waals surface area contributed by atoms with Crippen molar-refractivity contribution >= 4 is 28.5 Å². The highest BCUT2D eigenvalue weighted by Crippen LogP contribution is 2.33. The molecule has 0 bridgehead atoms. The molecule has 1 aliphatic rings. The first kappa shape index (κ1) is 24.0. The van der Waals surface area contributed by atoms with E-state index < -0.39 is 17.6 Å². The molecule has 5 aromatic rings. The number of ether oxygens (including phenoxy) is 1. The second-order valence-corrected chi connectivity index (χ2v) is 9.14. The van der Waals surface area contributed by atoms with Crippen molar-refractivity contribution < 1.29 is 22.7 Å². The highest BCUT2D eigenvalue weighted by Gasteiger charge is 2.30. The summed E-state index contributed by atoms with van der Waals surface area (Å²) in [5.74, 6) is 0.361. The monoisotopic (exact) mass is 520 g/mol. The number of hydrogen-bond donors (Lipinski definition) is 3. The van der Waals surface area contributed by atoms with Gasteiger partial charge < -0.3 is 15.0 Å². The van der Waals surface area contributed by atoms with E-state index in [1.165, 1.54) is 6.07 Å². The van der Waals surface area contributed by atoms with Gasteiger partial charge in [-0.3, -0.25) is 14.5 Å². The van der Waals surface area contributed by atoms with Crippen LogP contribution in [0.5, 0.6) is 5.88 Å². The number of aromatic amines is 1. The molecule has 0 aliphatic carbocycles. The molecule has 1 amide bonds. The molecule has 1 saturated heterocycles. The Labute approximate surface area is 214 Å². The normalized spacial score (nSPS) is 14.7. The van der Waals surface area contributed by atoms with Crippen molar-refractivity contribution in [1.82, 2.24) is 24.7 Å². The molecule has 11 heteroatoms. The number of nitrogens with one attached hydrogen (secondary N) is 3. The number of H-pyrrole nitrogens is 1. The number of nitrogens with zero attached hydrogens (tertiary/aromatic N) is 3. The number of imidazole rings is 2. The molecular formula is C27H23F3N6O2. The van der Waals surface area contributed by atoms with Crippen LogP contribution < -0.4 is 15.4 Å². The van der Waals surface area contributed by atoms with Gasteiger partial charge in [0.2, 0.25) is 5.95 Å². The summed E-state index contributed by atoms with van der Waals surface area (Å²) < 4.78 is 47.3. The molecule has 0 saturated carbocycles. The molecule has 8 nitrogen and oxygen atoms in total. The summed E-state index contributed by atoms with van der Waals surface area (Å²) in [7, 11) is 0. The highest BCUT2D eigenvalue weighted by molar-refractivity contribution is 6.03. The minimum absolute atomic E-state index is 0.0953. The SMILES string of the molecule is O=C(Nc1nc2cc(-c3cccc(C(F)(F)F)c3)ccc2[nH]1)c1cn2c(OC3CCNCC3)cccc2n1. The predicted molar refractivity (Wildman–Crippen MR) is 136 cm³/mol. The van der Waals surface area contributed by atoms with Crippen LogP contribution in [0.25, 0.3) is 27.8 Å². The van der Waals surface area contributed by atoms with Gasteiger partial charge in [-0.1, -0.05) is 24.3 Å². The minimum Gasteiger partial charge on any atom is -0.475 e. The Morgan fingerprint density at radius 3 is 2.61 bits per heavy atom. The average Bonchev–Trinajstić information content (AvgIpc) is 3.53. The average molecular weight is 521 g/mol. The number of benzene rings is 2.